The zero-order chi connectivity index (χ0) is 9.68. The van der Waals surface area contributed by atoms with Gasteiger partial charge in [-0.1, -0.05) is 6.92 Å². The number of nitrogens with zero attached hydrogens (tertiary/aromatic N) is 2. The van der Waals surface area contributed by atoms with Gasteiger partial charge in [0.05, 0.1) is 13.2 Å². The van der Waals surface area contributed by atoms with E-state index in [1.54, 1.807) is 0 Å². The highest BCUT2D eigenvalue weighted by Gasteiger charge is 2.10. The van der Waals surface area contributed by atoms with Crippen molar-refractivity contribution in [3.8, 4) is 0 Å². The molecule has 74 valence electrons. The van der Waals surface area contributed by atoms with E-state index in [2.05, 4.69) is 24.0 Å². The molecule has 1 aromatic heterocycles. The van der Waals surface area contributed by atoms with Crippen molar-refractivity contribution >= 4 is 0 Å². The fourth-order valence-electron chi connectivity index (χ4n) is 1.38. The smallest absolute Gasteiger partial charge is 0.243 e. The summed E-state index contributed by atoms with van der Waals surface area (Å²) in [6.45, 7) is 5.94. The third-order valence-corrected chi connectivity index (χ3v) is 2.10. The number of ether oxygens (including phenoxy) is 1. The van der Waals surface area contributed by atoms with Crippen LogP contribution in [0.25, 0.3) is 0 Å². The molecule has 1 heterocycles. The first-order valence-corrected chi connectivity index (χ1v) is 4.88. The number of aryl methyl sites for hydroxylation is 1. The van der Waals surface area contributed by atoms with Gasteiger partial charge in [0, 0.05) is 6.61 Å². The molecule has 0 aliphatic rings. The first-order valence-electron chi connectivity index (χ1n) is 4.88. The summed E-state index contributed by atoms with van der Waals surface area (Å²) in [4.78, 5) is 0. The first kappa shape index (κ1) is 10.3. The fraction of sp³-hybridized carbons (Fsp3) is 0.700. The minimum atomic E-state index is 0.345. The van der Waals surface area contributed by atoms with Crippen molar-refractivity contribution in [2.45, 2.75) is 32.9 Å². The van der Waals surface area contributed by atoms with Crippen LogP contribution in [0.1, 0.15) is 20.3 Å². The fourth-order valence-corrected chi connectivity index (χ4v) is 1.38. The highest BCUT2D eigenvalue weighted by atomic mass is 16.5. The SMILES string of the molecule is CCOC(CC)Cn1cc[n+](C)c1. The Hall–Kier alpha value is -0.830. The highest BCUT2D eigenvalue weighted by molar-refractivity contribution is 4.68. The van der Waals surface area contributed by atoms with Crippen LogP contribution < -0.4 is 4.57 Å². The van der Waals surface area contributed by atoms with E-state index in [0.29, 0.717) is 6.10 Å². The predicted molar refractivity (Wildman–Crippen MR) is 51.3 cm³/mol. The molecular formula is C10H19N2O+. The highest BCUT2D eigenvalue weighted by Crippen LogP contribution is 2.01. The maximum Gasteiger partial charge on any atom is 0.243 e. The van der Waals surface area contributed by atoms with Crippen LogP contribution in [-0.2, 0) is 18.3 Å². The number of rotatable bonds is 5. The zero-order valence-electron chi connectivity index (χ0n) is 8.73. The Bertz CT molecular complexity index is 245. The Morgan fingerprint density at radius 3 is 2.69 bits per heavy atom. The van der Waals surface area contributed by atoms with Crippen LogP contribution in [0.4, 0.5) is 0 Å². The molecule has 0 saturated carbocycles. The number of aromatic nitrogens is 2. The summed E-state index contributed by atoms with van der Waals surface area (Å²) < 4.78 is 9.77. The second-order valence-electron chi connectivity index (χ2n) is 3.26. The van der Waals surface area contributed by atoms with Crippen LogP contribution in [-0.4, -0.2) is 17.3 Å². The number of imidazole rings is 1. The maximum absolute atomic E-state index is 5.57. The van der Waals surface area contributed by atoms with Crippen LogP contribution in [0.5, 0.6) is 0 Å². The van der Waals surface area contributed by atoms with Crippen LogP contribution in [0.2, 0.25) is 0 Å². The van der Waals surface area contributed by atoms with Gasteiger partial charge in [0.2, 0.25) is 6.33 Å². The zero-order valence-corrected chi connectivity index (χ0v) is 8.73. The van der Waals surface area contributed by atoms with E-state index in [-0.39, 0.29) is 0 Å². The molecule has 0 saturated heterocycles. The summed E-state index contributed by atoms with van der Waals surface area (Å²) in [5.74, 6) is 0. The van der Waals surface area contributed by atoms with Gasteiger partial charge in [0.15, 0.2) is 0 Å². The van der Waals surface area contributed by atoms with Crippen molar-refractivity contribution in [3.63, 3.8) is 0 Å². The van der Waals surface area contributed by atoms with Crippen molar-refractivity contribution in [2.75, 3.05) is 6.61 Å². The monoisotopic (exact) mass is 183 g/mol. The predicted octanol–water partition coefficient (Wildman–Crippen LogP) is 1.13. The second kappa shape index (κ2) is 5.02. The molecule has 0 bridgehead atoms. The van der Waals surface area contributed by atoms with Gasteiger partial charge in [-0.25, -0.2) is 9.13 Å². The Morgan fingerprint density at radius 1 is 1.46 bits per heavy atom. The molecule has 0 radical (unpaired) electrons. The van der Waals surface area contributed by atoms with Gasteiger partial charge in [0.1, 0.15) is 18.9 Å². The van der Waals surface area contributed by atoms with E-state index in [1.807, 2.05) is 24.7 Å². The molecule has 3 nitrogen and oxygen atoms in total. The van der Waals surface area contributed by atoms with Crippen molar-refractivity contribution in [1.82, 2.24) is 4.57 Å². The molecule has 1 atom stereocenters. The molecule has 0 aliphatic carbocycles. The van der Waals surface area contributed by atoms with Crippen molar-refractivity contribution in [1.29, 1.82) is 0 Å². The van der Waals surface area contributed by atoms with E-state index >= 15 is 0 Å². The van der Waals surface area contributed by atoms with E-state index in [4.69, 9.17) is 4.74 Å². The van der Waals surface area contributed by atoms with Crippen molar-refractivity contribution in [3.05, 3.63) is 18.7 Å². The Balaban J connectivity index is 2.46. The number of hydrogen-bond acceptors (Lipinski definition) is 1. The minimum Gasteiger partial charge on any atom is -0.374 e. The van der Waals surface area contributed by atoms with Gasteiger partial charge in [0.25, 0.3) is 0 Å². The second-order valence-corrected chi connectivity index (χ2v) is 3.26. The summed E-state index contributed by atoms with van der Waals surface area (Å²) in [6, 6.07) is 0. The molecule has 13 heavy (non-hydrogen) atoms. The Kier molecular flexibility index (Phi) is 3.96. The lowest BCUT2D eigenvalue weighted by Crippen LogP contribution is -2.25. The topological polar surface area (TPSA) is 18.0 Å². The van der Waals surface area contributed by atoms with Gasteiger partial charge in [-0.3, -0.25) is 0 Å². The lowest BCUT2D eigenvalue weighted by atomic mass is 10.3. The van der Waals surface area contributed by atoms with E-state index in [1.165, 1.54) is 0 Å². The van der Waals surface area contributed by atoms with Crippen molar-refractivity contribution < 1.29 is 9.30 Å². The van der Waals surface area contributed by atoms with Gasteiger partial charge < -0.3 is 4.74 Å². The molecule has 1 aromatic rings. The molecule has 0 spiro atoms. The maximum atomic E-state index is 5.57. The molecule has 0 aliphatic heterocycles. The first-order chi connectivity index (χ1) is 6.26. The third kappa shape index (κ3) is 3.19. The Labute approximate surface area is 79.9 Å². The van der Waals surface area contributed by atoms with Crippen LogP contribution in [0.15, 0.2) is 18.7 Å². The number of hydrogen-bond donors (Lipinski definition) is 0. The minimum absolute atomic E-state index is 0.345. The molecule has 0 amide bonds. The van der Waals surface area contributed by atoms with Gasteiger partial charge in [-0.2, -0.15) is 0 Å². The van der Waals surface area contributed by atoms with E-state index in [0.717, 1.165) is 19.6 Å². The standard InChI is InChI=1S/C10H19N2O/c1-4-10(13-5-2)8-12-7-6-11(3)9-12/h6-7,9-10H,4-5,8H2,1-3H3/q+1. The van der Waals surface area contributed by atoms with E-state index < -0.39 is 0 Å². The lowest BCUT2D eigenvalue weighted by Gasteiger charge is -2.11. The third-order valence-electron chi connectivity index (χ3n) is 2.10. The molecule has 0 aromatic carbocycles. The molecular weight excluding hydrogens is 164 g/mol. The molecule has 0 N–H and O–H groups in total. The summed E-state index contributed by atoms with van der Waals surface area (Å²) in [5, 5.41) is 0. The van der Waals surface area contributed by atoms with Crippen LogP contribution >= 0.6 is 0 Å². The van der Waals surface area contributed by atoms with Crippen molar-refractivity contribution in [2.24, 2.45) is 7.05 Å². The van der Waals surface area contributed by atoms with Gasteiger partial charge in [-0.05, 0) is 13.3 Å². The summed E-state index contributed by atoms with van der Waals surface area (Å²) in [6.07, 6.45) is 7.59. The molecule has 1 unspecified atom stereocenters. The Morgan fingerprint density at radius 2 is 2.23 bits per heavy atom. The lowest BCUT2D eigenvalue weighted by molar-refractivity contribution is -0.671. The average molecular weight is 183 g/mol. The quantitative estimate of drug-likeness (QED) is 0.626. The average Bonchev–Trinajstić information content (AvgIpc) is 2.50. The van der Waals surface area contributed by atoms with Crippen LogP contribution in [0, 0.1) is 0 Å². The largest absolute Gasteiger partial charge is 0.374 e. The molecule has 3 heteroatoms. The summed E-state index contributed by atoms with van der Waals surface area (Å²) in [7, 11) is 2.03. The summed E-state index contributed by atoms with van der Waals surface area (Å²) >= 11 is 0. The molecule has 0 fully saturated rings. The normalized spacial score (nSPS) is 13.2. The molecule has 1 rings (SSSR count). The summed E-state index contributed by atoms with van der Waals surface area (Å²) in [5.41, 5.74) is 0. The van der Waals surface area contributed by atoms with Gasteiger partial charge >= 0.3 is 0 Å². The van der Waals surface area contributed by atoms with Crippen LogP contribution in [0.3, 0.4) is 0 Å². The van der Waals surface area contributed by atoms with Gasteiger partial charge in [-0.15, -0.1) is 0 Å². The van der Waals surface area contributed by atoms with E-state index in [9.17, 15) is 0 Å².